The molecule has 1 aromatic carbocycles. The number of rotatable bonds is 6. The van der Waals surface area contributed by atoms with Crippen LogP contribution in [0.3, 0.4) is 0 Å². The maximum absolute atomic E-state index is 12.5. The van der Waals surface area contributed by atoms with E-state index in [0.29, 0.717) is 13.1 Å². The number of carbonyl (C=O) groups excluding carboxylic acids is 1. The van der Waals surface area contributed by atoms with Crippen molar-refractivity contribution in [2.24, 2.45) is 0 Å². The van der Waals surface area contributed by atoms with Crippen molar-refractivity contribution < 1.29 is 23.1 Å². The molecule has 0 spiro atoms. The van der Waals surface area contributed by atoms with E-state index in [0.717, 1.165) is 24.3 Å². The van der Waals surface area contributed by atoms with E-state index in [1.165, 1.54) is 5.56 Å². The number of hydrogen-bond donors (Lipinski definition) is 2. The van der Waals surface area contributed by atoms with Gasteiger partial charge in [0.25, 0.3) is 6.47 Å². The summed E-state index contributed by atoms with van der Waals surface area (Å²) >= 11 is 0. The maximum atomic E-state index is 12.5. The smallest absolute Gasteiger partial charge is 0.290 e. The predicted molar refractivity (Wildman–Crippen MR) is 106 cm³/mol. The second-order valence-corrected chi connectivity index (χ2v) is 8.51. The van der Waals surface area contributed by atoms with Gasteiger partial charge in [0.2, 0.25) is 15.9 Å². The van der Waals surface area contributed by atoms with E-state index in [2.05, 4.69) is 31.6 Å². The summed E-state index contributed by atoms with van der Waals surface area (Å²) in [7, 11) is -3.29. The summed E-state index contributed by atoms with van der Waals surface area (Å²) in [5, 5.41) is 15.3. The van der Waals surface area contributed by atoms with Crippen molar-refractivity contribution in [1.29, 1.82) is 0 Å². The Bertz CT molecular complexity index is 929. The Morgan fingerprint density at radius 3 is 2.59 bits per heavy atom. The molecule has 1 atom stereocenters. The van der Waals surface area contributed by atoms with E-state index in [1.54, 1.807) is 4.90 Å². The predicted octanol–water partition coefficient (Wildman–Crippen LogP) is 0.353. The summed E-state index contributed by atoms with van der Waals surface area (Å²) in [6.07, 6.45) is 1.98. The molecule has 0 unspecified atom stereocenters. The Hall–Kier alpha value is -2.79. The van der Waals surface area contributed by atoms with Gasteiger partial charge in [-0.2, -0.15) is 0 Å². The van der Waals surface area contributed by atoms with E-state index >= 15 is 0 Å². The number of nitrogens with zero attached hydrogens (tertiary/aromatic N) is 4. The number of amides is 1. The fraction of sp³-hybridized carbons (Fsp3) is 0.444. The van der Waals surface area contributed by atoms with Crippen molar-refractivity contribution >= 4 is 22.4 Å². The lowest BCUT2D eigenvalue weighted by Gasteiger charge is -2.34. The molecule has 1 aliphatic heterocycles. The van der Waals surface area contributed by atoms with Crippen LogP contribution >= 0.6 is 0 Å². The molecule has 2 heterocycles. The van der Waals surface area contributed by atoms with Crippen LogP contribution in [-0.2, 0) is 32.6 Å². The number of hydrogen-bond acceptors (Lipinski definition) is 6. The fourth-order valence-corrected chi connectivity index (χ4v) is 3.77. The van der Waals surface area contributed by atoms with Crippen LogP contribution in [0, 0.1) is 6.92 Å². The normalized spacial score (nSPS) is 15.8. The molecule has 2 aromatic rings. The van der Waals surface area contributed by atoms with Crippen LogP contribution in [0.4, 0.5) is 0 Å². The number of sulfonamides is 1. The van der Waals surface area contributed by atoms with Gasteiger partial charge in [-0.3, -0.25) is 9.59 Å². The van der Waals surface area contributed by atoms with Crippen molar-refractivity contribution in [2.75, 3.05) is 19.3 Å². The van der Waals surface area contributed by atoms with Gasteiger partial charge < -0.3 is 14.6 Å². The highest BCUT2D eigenvalue weighted by atomic mass is 32.2. The number of carboxylic acid groups (broad SMARTS) is 1. The number of benzene rings is 1. The molecule has 0 fully saturated rings. The molecule has 11 heteroatoms. The van der Waals surface area contributed by atoms with E-state index < -0.39 is 10.0 Å². The lowest BCUT2D eigenvalue weighted by atomic mass is 10.0. The van der Waals surface area contributed by atoms with Gasteiger partial charge in [-0.15, -0.1) is 10.2 Å². The van der Waals surface area contributed by atoms with Crippen molar-refractivity contribution in [2.45, 2.75) is 32.4 Å². The molecular weight excluding hydrogens is 398 g/mol. The van der Waals surface area contributed by atoms with Crippen molar-refractivity contribution in [3.63, 3.8) is 0 Å². The zero-order valence-electron chi connectivity index (χ0n) is 16.4. The van der Waals surface area contributed by atoms with Crippen LogP contribution in [0.5, 0.6) is 0 Å². The van der Waals surface area contributed by atoms with Crippen LogP contribution in [0.1, 0.15) is 29.7 Å². The van der Waals surface area contributed by atoms with Gasteiger partial charge >= 0.3 is 0 Å². The second kappa shape index (κ2) is 10.1. The molecule has 29 heavy (non-hydrogen) atoms. The monoisotopic (exact) mass is 423 g/mol. The van der Waals surface area contributed by atoms with Gasteiger partial charge in [-0.05, 0) is 18.9 Å². The topological polar surface area (TPSA) is 134 Å². The summed E-state index contributed by atoms with van der Waals surface area (Å²) in [4.78, 5) is 22.6. The lowest BCUT2D eigenvalue weighted by Crippen LogP contribution is -2.43. The quantitative estimate of drug-likeness (QED) is 0.640. The average molecular weight is 423 g/mol. The number of nitrogens with one attached hydrogen (secondary N) is 1. The Morgan fingerprint density at radius 1 is 1.31 bits per heavy atom. The molecule has 0 saturated heterocycles. The molecule has 1 amide bonds. The van der Waals surface area contributed by atoms with Crippen molar-refractivity contribution in [1.82, 2.24) is 24.4 Å². The summed E-state index contributed by atoms with van der Waals surface area (Å²) in [5.41, 5.74) is 1.18. The summed E-state index contributed by atoms with van der Waals surface area (Å²) in [6.45, 7) is 2.72. The molecule has 1 aromatic heterocycles. The van der Waals surface area contributed by atoms with Gasteiger partial charge in [0.15, 0.2) is 5.82 Å². The van der Waals surface area contributed by atoms with E-state index in [9.17, 15) is 13.2 Å². The molecule has 2 N–H and O–H groups in total. The molecule has 3 rings (SSSR count). The maximum Gasteiger partial charge on any atom is 0.290 e. The second-order valence-electron chi connectivity index (χ2n) is 6.67. The van der Waals surface area contributed by atoms with Gasteiger partial charge in [-0.25, -0.2) is 13.1 Å². The SMILES string of the molecule is Cc1nnc2n1[C@H](Cc1ccccc1)CN(C(=O)CCNS(C)(=O)=O)C2.O=CO. The Labute approximate surface area is 169 Å². The van der Waals surface area contributed by atoms with Gasteiger partial charge in [0.05, 0.1) is 18.8 Å². The molecule has 1 aliphatic rings. The number of carbonyl (C=O) groups is 2. The lowest BCUT2D eigenvalue weighted by molar-refractivity contribution is -0.133. The minimum absolute atomic E-state index is 0.0583. The Kier molecular flexibility index (Phi) is 7.85. The molecule has 0 bridgehead atoms. The van der Waals surface area contributed by atoms with Crippen LogP contribution < -0.4 is 4.72 Å². The molecule has 158 valence electrons. The molecule has 0 saturated carbocycles. The van der Waals surface area contributed by atoms with E-state index in [1.807, 2.05) is 25.1 Å². The van der Waals surface area contributed by atoms with Gasteiger partial charge in [0.1, 0.15) is 5.82 Å². The summed E-state index contributed by atoms with van der Waals surface area (Å²) < 4.78 is 26.8. The minimum atomic E-state index is -3.29. The van der Waals surface area contributed by atoms with Gasteiger partial charge in [-0.1, -0.05) is 30.3 Å². The van der Waals surface area contributed by atoms with Crippen LogP contribution in [0.15, 0.2) is 30.3 Å². The number of fused-ring (bicyclic) bond motifs is 1. The van der Waals surface area contributed by atoms with Crippen LogP contribution in [-0.4, -0.2) is 64.9 Å². The number of aryl methyl sites for hydroxylation is 1. The van der Waals surface area contributed by atoms with Crippen molar-refractivity contribution in [3.8, 4) is 0 Å². The Balaban J connectivity index is 0.000000941. The molecule has 0 radical (unpaired) electrons. The number of aromatic nitrogens is 3. The van der Waals surface area contributed by atoms with E-state index in [4.69, 9.17) is 9.90 Å². The molecule has 0 aliphatic carbocycles. The van der Waals surface area contributed by atoms with Crippen LogP contribution in [0.25, 0.3) is 0 Å². The first kappa shape index (κ1) is 22.5. The highest BCUT2D eigenvalue weighted by molar-refractivity contribution is 7.88. The zero-order valence-corrected chi connectivity index (χ0v) is 17.2. The standard InChI is InChI=1S/C17H23N5O3S.CH2O2/c1-13-19-20-16-12-21(17(23)8-9-18-26(2,24)25)11-15(22(13)16)10-14-6-4-3-5-7-14;2-1-3/h3-7,15,18H,8-12H2,1-2H3;1H,(H,2,3)/t15-;/m1./s1. The Morgan fingerprint density at radius 2 is 1.97 bits per heavy atom. The molecule has 10 nitrogen and oxygen atoms in total. The largest absolute Gasteiger partial charge is 0.483 e. The summed E-state index contributed by atoms with van der Waals surface area (Å²) in [5.74, 6) is 1.51. The van der Waals surface area contributed by atoms with Crippen LogP contribution in [0.2, 0.25) is 0 Å². The summed E-state index contributed by atoms with van der Waals surface area (Å²) in [6, 6.07) is 10.2. The zero-order chi connectivity index (χ0) is 21.4. The first-order valence-corrected chi connectivity index (χ1v) is 10.9. The van der Waals surface area contributed by atoms with Crippen molar-refractivity contribution in [3.05, 3.63) is 47.5 Å². The third kappa shape index (κ3) is 6.64. The average Bonchev–Trinajstić information content (AvgIpc) is 3.03. The fourth-order valence-electron chi connectivity index (χ4n) is 3.30. The first-order chi connectivity index (χ1) is 13.7. The first-order valence-electron chi connectivity index (χ1n) is 8.99. The molecular formula is C18H25N5O5S. The van der Waals surface area contributed by atoms with E-state index in [-0.39, 0.29) is 31.4 Å². The van der Waals surface area contributed by atoms with Gasteiger partial charge in [0, 0.05) is 19.5 Å². The highest BCUT2D eigenvalue weighted by Crippen LogP contribution is 2.25. The highest BCUT2D eigenvalue weighted by Gasteiger charge is 2.30. The third-order valence-corrected chi connectivity index (χ3v) is 5.16. The minimum Gasteiger partial charge on any atom is -0.483 e. The third-order valence-electron chi connectivity index (χ3n) is 4.44.